The van der Waals surface area contributed by atoms with Crippen molar-refractivity contribution in [1.29, 1.82) is 0 Å². The minimum Gasteiger partial charge on any atom is -0.480 e. The Morgan fingerprint density at radius 1 is 1.54 bits per heavy atom. The molecule has 70 valence electrons. The number of aromatic nitrogens is 1. The van der Waals surface area contributed by atoms with Crippen LogP contribution in [0.1, 0.15) is 31.4 Å². The Hall–Kier alpha value is -1.32. The van der Waals surface area contributed by atoms with E-state index in [9.17, 15) is 4.79 Å². The second kappa shape index (κ2) is 2.87. The standard InChI is InChI=1S/C9H11NO3/c11-8(12)9(3-1-2-4-9)7-5-10-6-13-7/h5-6H,1-4H2,(H,11,12). The van der Waals surface area contributed by atoms with Crippen LogP contribution in [0.5, 0.6) is 0 Å². The van der Waals surface area contributed by atoms with Crippen molar-refractivity contribution in [2.45, 2.75) is 31.1 Å². The second-order valence-corrected chi connectivity index (χ2v) is 3.46. The summed E-state index contributed by atoms with van der Waals surface area (Å²) in [6, 6.07) is 0. The minimum absolute atomic E-state index is 0.498. The monoisotopic (exact) mass is 181 g/mol. The first-order valence-electron chi connectivity index (χ1n) is 4.38. The van der Waals surface area contributed by atoms with Gasteiger partial charge < -0.3 is 9.52 Å². The lowest BCUT2D eigenvalue weighted by Gasteiger charge is -2.19. The Morgan fingerprint density at radius 2 is 2.23 bits per heavy atom. The van der Waals surface area contributed by atoms with Crippen molar-refractivity contribution in [3.8, 4) is 0 Å². The van der Waals surface area contributed by atoms with Gasteiger partial charge in [-0.15, -0.1) is 0 Å². The van der Waals surface area contributed by atoms with Gasteiger partial charge in [0.1, 0.15) is 11.2 Å². The van der Waals surface area contributed by atoms with Crippen molar-refractivity contribution in [3.05, 3.63) is 18.4 Å². The predicted octanol–water partition coefficient (Wildman–Crippen LogP) is 1.57. The maximum absolute atomic E-state index is 11.1. The van der Waals surface area contributed by atoms with Gasteiger partial charge in [-0.3, -0.25) is 4.79 Å². The lowest BCUT2D eigenvalue weighted by molar-refractivity contribution is -0.144. The van der Waals surface area contributed by atoms with Gasteiger partial charge in [0.25, 0.3) is 0 Å². The fourth-order valence-electron chi connectivity index (χ4n) is 2.00. The van der Waals surface area contributed by atoms with Crippen LogP contribution in [-0.2, 0) is 10.2 Å². The molecular formula is C9H11NO3. The van der Waals surface area contributed by atoms with E-state index < -0.39 is 11.4 Å². The molecule has 0 saturated heterocycles. The normalized spacial score (nSPS) is 20.3. The fraction of sp³-hybridized carbons (Fsp3) is 0.556. The summed E-state index contributed by atoms with van der Waals surface area (Å²) < 4.78 is 5.09. The Bertz CT molecular complexity index is 299. The lowest BCUT2D eigenvalue weighted by atomic mass is 9.84. The van der Waals surface area contributed by atoms with Crippen molar-refractivity contribution in [2.24, 2.45) is 0 Å². The number of hydrogen-bond acceptors (Lipinski definition) is 3. The van der Waals surface area contributed by atoms with Crippen LogP contribution in [-0.4, -0.2) is 16.1 Å². The second-order valence-electron chi connectivity index (χ2n) is 3.46. The van der Waals surface area contributed by atoms with Gasteiger partial charge in [-0.2, -0.15) is 0 Å². The molecule has 0 radical (unpaired) electrons. The highest BCUT2D eigenvalue weighted by atomic mass is 16.4. The van der Waals surface area contributed by atoms with Crippen LogP contribution in [0.4, 0.5) is 0 Å². The van der Waals surface area contributed by atoms with Gasteiger partial charge in [0.05, 0.1) is 6.20 Å². The van der Waals surface area contributed by atoms with Crippen LogP contribution in [0.3, 0.4) is 0 Å². The van der Waals surface area contributed by atoms with E-state index in [-0.39, 0.29) is 0 Å². The lowest BCUT2D eigenvalue weighted by Crippen LogP contribution is -2.32. The van der Waals surface area contributed by atoms with E-state index in [0.29, 0.717) is 18.6 Å². The molecule has 13 heavy (non-hydrogen) atoms. The number of carboxylic acids is 1. The van der Waals surface area contributed by atoms with Crippen LogP contribution in [0, 0.1) is 0 Å². The van der Waals surface area contributed by atoms with Crippen LogP contribution in [0.25, 0.3) is 0 Å². The summed E-state index contributed by atoms with van der Waals surface area (Å²) >= 11 is 0. The SMILES string of the molecule is O=C(O)C1(c2cnco2)CCCC1. The molecule has 1 fully saturated rings. The predicted molar refractivity (Wildman–Crippen MR) is 44.3 cm³/mol. The van der Waals surface area contributed by atoms with E-state index in [1.807, 2.05) is 0 Å². The summed E-state index contributed by atoms with van der Waals surface area (Å²) in [7, 11) is 0. The van der Waals surface area contributed by atoms with E-state index in [2.05, 4.69) is 4.98 Å². The quantitative estimate of drug-likeness (QED) is 0.752. The zero-order chi connectivity index (χ0) is 9.31. The largest absolute Gasteiger partial charge is 0.480 e. The number of nitrogens with zero attached hydrogens (tertiary/aromatic N) is 1. The molecule has 0 bridgehead atoms. The summed E-state index contributed by atoms with van der Waals surface area (Å²) in [6.07, 6.45) is 6.03. The third kappa shape index (κ3) is 1.13. The molecule has 1 aliphatic carbocycles. The molecule has 2 rings (SSSR count). The molecule has 4 nitrogen and oxygen atoms in total. The van der Waals surface area contributed by atoms with Crippen molar-refractivity contribution >= 4 is 5.97 Å². The summed E-state index contributed by atoms with van der Waals surface area (Å²) in [5.41, 5.74) is -0.795. The third-order valence-corrected chi connectivity index (χ3v) is 2.77. The topological polar surface area (TPSA) is 63.3 Å². The first-order valence-corrected chi connectivity index (χ1v) is 4.38. The number of hydrogen-bond donors (Lipinski definition) is 1. The van der Waals surface area contributed by atoms with Crippen LogP contribution in [0.15, 0.2) is 17.0 Å². The van der Waals surface area contributed by atoms with Gasteiger partial charge in [-0.05, 0) is 12.8 Å². The zero-order valence-electron chi connectivity index (χ0n) is 7.19. The molecule has 1 heterocycles. The molecule has 0 spiro atoms. The average Bonchev–Trinajstić information content (AvgIpc) is 2.75. The van der Waals surface area contributed by atoms with Crippen molar-refractivity contribution in [3.63, 3.8) is 0 Å². The van der Waals surface area contributed by atoms with Crippen molar-refractivity contribution in [2.75, 3.05) is 0 Å². The Balaban J connectivity index is 2.39. The van der Waals surface area contributed by atoms with E-state index in [0.717, 1.165) is 12.8 Å². The highest BCUT2D eigenvalue weighted by Gasteiger charge is 2.45. The number of rotatable bonds is 2. The number of carboxylic acid groups (broad SMARTS) is 1. The number of oxazole rings is 1. The first kappa shape index (κ1) is 8.29. The van der Waals surface area contributed by atoms with Gasteiger partial charge in [0.2, 0.25) is 0 Å². The molecule has 0 amide bonds. The molecule has 0 unspecified atom stereocenters. The number of carbonyl (C=O) groups is 1. The van der Waals surface area contributed by atoms with E-state index in [1.165, 1.54) is 12.6 Å². The van der Waals surface area contributed by atoms with E-state index in [1.54, 1.807) is 0 Å². The van der Waals surface area contributed by atoms with E-state index in [4.69, 9.17) is 9.52 Å². The van der Waals surface area contributed by atoms with Crippen LogP contribution >= 0.6 is 0 Å². The molecule has 0 aliphatic heterocycles. The maximum Gasteiger partial charge on any atom is 0.317 e. The highest BCUT2D eigenvalue weighted by Crippen LogP contribution is 2.41. The van der Waals surface area contributed by atoms with Gasteiger partial charge in [0.15, 0.2) is 6.39 Å². The summed E-state index contributed by atoms with van der Waals surface area (Å²) in [6.45, 7) is 0. The first-order chi connectivity index (χ1) is 6.26. The molecule has 1 aromatic heterocycles. The van der Waals surface area contributed by atoms with Gasteiger partial charge in [-0.25, -0.2) is 4.98 Å². The van der Waals surface area contributed by atoms with Gasteiger partial charge in [0, 0.05) is 0 Å². The molecule has 1 aromatic rings. The Morgan fingerprint density at radius 3 is 2.69 bits per heavy atom. The molecule has 1 saturated carbocycles. The van der Waals surface area contributed by atoms with Gasteiger partial charge >= 0.3 is 5.97 Å². The van der Waals surface area contributed by atoms with Crippen molar-refractivity contribution < 1.29 is 14.3 Å². The average molecular weight is 181 g/mol. The van der Waals surface area contributed by atoms with Crippen LogP contribution < -0.4 is 0 Å². The van der Waals surface area contributed by atoms with Gasteiger partial charge in [-0.1, -0.05) is 12.8 Å². The van der Waals surface area contributed by atoms with E-state index >= 15 is 0 Å². The smallest absolute Gasteiger partial charge is 0.317 e. The molecule has 1 N–H and O–H groups in total. The number of aliphatic carboxylic acids is 1. The Labute approximate surface area is 75.6 Å². The molecule has 0 atom stereocenters. The summed E-state index contributed by atoms with van der Waals surface area (Å²) in [4.78, 5) is 14.9. The summed E-state index contributed by atoms with van der Waals surface area (Å²) in [5, 5.41) is 9.15. The molecule has 0 aromatic carbocycles. The van der Waals surface area contributed by atoms with Crippen LogP contribution in [0.2, 0.25) is 0 Å². The summed E-state index contributed by atoms with van der Waals surface area (Å²) in [5.74, 6) is -0.292. The molecule has 1 aliphatic rings. The fourth-order valence-corrected chi connectivity index (χ4v) is 2.00. The third-order valence-electron chi connectivity index (χ3n) is 2.77. The Kier molecular flexibility index (Phi) is 1.83. The molecular weight excluding hydrogens is 170 g/mol. The van der Waals surface area contributed by atoms with Crippen molar-refractivity contribution in [1.82, 2.24) is 4.98 Å². The zero-order valence-corrected chi connectivity index (χ0v) is 7.19. The maximum atomic E-state index is 11.1. The molecule has 4 heteroatoms. The minimum atomic E-state index is -0.795. The highest BCUT2D eigenvalue weighted by molar-refractivity contribution is 5.80.